The maximum absolute atomic E-state index is 2.13. The Bertz CT molecular complexity index is 375. The van der Waals surface area contributed by atoms with Crippen LogP contribution in [-0.4, -0.2) is 0 Å². The fraction of sp³-hybridized carbons (Fsp3) is 0.200. The van der Waals surface area contributed by atoms with E-state index in [-0.39, 0.29) is 0 Å². The Morgan fingerprint density at radius 1 is 1.00 bits per heavy atom. The highest BCUT2D eigenvalue weighted by atomic mass is 13.9. The van der Waals surface area contributed by atoms with Gasteiger partial charge in [-0.2, -0.15) is 0 Å². The van der Waals surface area contributed by atoms with Crippen molar-refractivity contribution in [1.82, 2.24) is 0 Å². The van der Waals surface area contributed by atoms with Crippen molar-refractivity contribution in [1.29, 1.82) is 0 Å². The van der Waals surface area contributed by atoms with E-state index < -0.39 is 0 Å². The zero-order valence-electron chi connectivity index (χ0n) is 9.70. The fourth-order valence-electron chi connectivity index (χ4n) is 1.31. The van der Waals surface area contributed by atoms with Crippen molar-refractivity contribution >= 4 is 6.08 Å². The zero-order valence-corrected chi connectivity index (χ0v) is 9.70. The average Bonchev–Trinajstić information content (AvgIpc) is 2.26. The Morgan fingerprint density at radius 2 is 1.67 bits per heavy atom. The maximum atomic E-state index is 2.13. The average molecular weight is 198 g/mol. The first-order chi connectivity index (χ1) is 7.26. The topological polar surface area (TPSA) is 0 Å². The molecule has 0 spiro atoms. The molecule has 78 valence electrons. The zero-order chi connectivity index (χ0) is 11.1. The molecule has 15 heavy (non-hydrogen) atoms. The third-order valence-corrected chi connectivity index (χ3v) is 2.24. The molecule has 0 aromatic heterocycles. The predicted octanol–water partition coefficient (Wildman–Crippen LogP) is 4.53. The summed E-state index contributed by atoms with van der Waals surface area (Å²) in [7, 11) is 0. The van der Waals surface area contributed by atoms with Gasteiger partial charge in [0.05, 0.1) is 0 Å². The van der Waals surface area contributed by atoms with Crippen LogP contribution in [0.25, 0.3) is 6.08 Å². The summed E-state index contributed by atoms with van der Waals surface area (Å²) in [6.45, 7) is 6.18. The summed E-state index contributed by atoms with van der Waals surface area (Å²) in [5.41, 5.74) is 3.77. The molecular weight excluding hydrogens is 180 g/mol. The number of benzene rings is 1. The third kappa shape index (κ3) is 3.99. The Morgan fingerprint density at radius 3 is 2.20 bits per heavy atom. The maximum Gasteiger partial charge on any atom is -0.0256 e. The van der Waals surface area contributed by atoms with Crippen LogP contribution in [0.15, 0.2) is 54.1 Å². The third-order valence-electron chi connectivity index (χ3n) is 2.24. The number of hydrogen-bond acceptors (Lipinski definition) is 0. The SMILES string of the molecule is CC=CC(C=Cc1ccc(C)cc1)=CC. The number of aryl methyl sites for hydroxylation is 1. The van der Waals surface area contributed by atoms with Gasteiger partial charge in [-0.3, -0.25) is 0 Å². The molecular formula is C15H18. The summed E-state index contributed by atoms with van der Waals surface area (Å²) < 4.78 is 0. The van der Waals surface area contributed by atoms with Gasteiger partial charge in [-0.05, 0) is 31.9 Å². The summed E-state index contributed by atoms with van der Waals surface area (Å²) in [6.07, 6.45) is 10.5. The molecule has 0 amide bonds. The largest absolute Gasteiger partial charge is 0.0871 e. The van der Waals surface area contributed by atoms with Crippen LogP contribution in [0.2, 0.25) is 0 Å². The Balaban J connectivity index is 2.76. The molecule has 0 heterocycles. The van der Waals surface area contributed by atoms with Gasteiger partial charge in [-0.1, -0.05) is 60.2 Å². The number of rotatable bonds is 3. The van der Waals surface area contributed by atoms with E-state index >= 15 is 0 Å². The van der Waals surface area contributed by atoms with Gasteiger partial charge < -0.3 is 0 Å². The van der Waals surface area contributed by atoms with Crippen molar-refractivity contribution in [2.45, 2.75) is 20.8 Å². The highest BCUT2D eigenvalue weighted by molar-refractivity contribution is 5.54. The summed E-state index contributed by atoms with van der Waals surface area (Å²) in [4.78, 5) is 0. The first-order valence-electron chi connectivity index (χ1n) is 5.30. The molecule has 0 heteroatoms. The monoisotopic (exact) mass is 198 g/mol. The molecule has 0 atom stereocenters. The predicted molar refractivity (Wildman–Crippen MR) is 68.8 cm³/mol. The van der Waals surface area contributed by atoms with E-state index in [1.54, 1.807) is 0 Å². The normalized spacial score (nSPS) is 12.9. The lowest BCUT2D eigenvalue weighted by Crippen LogP contribution is -1.74. The lowest BCUT2D eigenvalue weighted by Gasteiger charge is -1.95. The molecule has 0 aliphatic carbocycles. The molecule has 1 aromatic carbocycles. The Hall–Kier alpha value is -1.56. The second-order valence-corrected chi connectivity index (χ2v) is 3.53. The van der Waals surface area contributed by atoms with Crippen LogP contribution in [0.5, 0.6) is 0 Å². The van der Waals surface area contributed by atoms with Gasteiger partial charge in [-0.25, -0.2) is 0 Å². The van der Waals surface area contributed by atoms with E-state index in [9.17, 15) is 0 Å². The van der Waals surface area contributed by atoms with E-state index in [0.717, 1.165) is 0 Å². The quantitative estimate of drug-likeness (QED) is 0.626. The van der Waals surface area contributed by atoms with Gasteiger partial charge in [0.1, 0.15) is 0 Å². The van der Waals surface area contributed by atoms with E-state index in [4.69, 9.17) is 0 Å². The lowest BCUT2D eigenvalue weighted by molar-refractivity contribution is 1.46. The van der Waals surface area contributed by atoms with Gasteiger partial charge in [0.15, 0.2) is 0 Å². The van der Waals surface area contributed by atoms with Gasteiger partial charge >= 0.3 is 0 Å². The summed E-state index contributed by atoms with van der Waals surface area (Å²) in [6, 6.07) is 8.53. The van der Waals surface area contributed by atoms with Crippen LogP contribution in [-0.2, 0) is 0 Å². The molecule has 0 fully saturated rings. The van der Waals surface area contributed by atoms with Crippen LogP contribution in [0.4, 0.5) is 0 Å². The smallest absolute Gasteiger partial charge is 0.0256 e. The molecule has 0 unspecified atom stereocenters. The van der Waals surface area contributed by atoms with Crippen molar-refractivity contribution in [3.63, 3.8) is 0 Å². The standard InChI is InChI=1S/C15H18/c1-4-6-14(5-2)11-12-15-9-7-13(3)8-10-15/h4-12H,1-3H3. The van der Waals surface area contributed by atoms with Gasteiger partial charge in [0.2, 0.25) is 0 Å². The van der Waals surface area contributed by atoms with E-state index in [2.05, 4.69) is 68.5 Å². The van der Waals surface area contributed by atoms with Crippen LogP contribution in [0.3, 0.4) is 0 Å². The number of hydrogen-bond donors (Lipinski definition) is 0. The molecule has 0 saturated carbocycles. The summed E-state index contributed by atoms with van der Waals surface area (Å²) in [5, 5.41) is 0. The van der Waals surface area contributed by atoms with Crippen molar-refractivity contribution in [3.8, 4) is 0 Å². The van der Waals surface area contributed by atoms with Crippen molar-refractivity contribution in [2.75, 3.05) is 0 Å². The van der Waals surface area contributed by atoms with E-state index in [0.29, 0.717) is 0 Å². The van der Waals surface area contributed by atoms with E-state index in [1.165, 1.54) is 16.7 Å². The van der Waals surface area contributed by atoms with Crippen molar-refractivity contribution in [2.24, 2.45) is 0 Å². The molecule has 0 aliphatic rings. The van der Waals surface area contributed by atoms with E-state index in [1.807, 2.05) is 6.92 Å². The molecule has 0 nitrogen and oxygen atoms in total. The highest BCUT2D eigenvalue weighted by Gasteiger charge is 1.87. The number of allylic oxidation sites excluding steroid dienone is 5. The van der Waals surface area contributed by atoms with Gasteiger partial charge in [0, 0.05) is 0 Å². The highest BCUT2D eigenvalue weighted by Crippen LogP contribution is 2.08. The lowest BCUT2D eigenvalue weighted by atomic mass is 10.1. The molecule has 0 bridgehead atoms. The molecule has 0 saturated heterocycles. The first-order valence-corrected chi connectivity index (χ1v) is 5.30. The molecule has 0 radical (unpaired) electrons. The molecule has 0 aliphatic heterocycles. The van der Waals surface area contributed by atoms with Crippen LogP contribution < -0.4 is 0 Å². The fourth-order valence-corrected chi connectivity index (χ4v) is 1.31. The van der Waals surface area contributed by atoms with Crippen molar-refractivity contribution in [3.05, 3.63) is 65.3 Å². The molecule has 1 rings (SSSR count). The van der Waals surface area contributed by atoms with Crippen molar-refractivity contribution < 1.29 is 0 Å². The molecule has 1 aromatic rings. The Labute approximate surface area is 92.6 Å². The minimum absolute atomic E-state index is 1.23. The first kappa shape index (κ1) is 11.5. The minimum atomic E-state index is 1.23. The second kappa shape index (κ2) is 6.02. The summed E-state index contributed by atoms with van der Waals surface area (Å²) in [5.74, 6) is 0. The van der Waals surface area contributed by atoms with Crippen LogP contribution >= 0.6 is 0 Å². The van der Waals surface area contributed by atoms with Gasteiger partial charge in [-0.15, -0.1) is 0 Å². The van der Waals surface area contributed by atoms with Gasteiger partial charge in [0.25, 0.3) is 0 Å². The minimum Gasteiger partial charge on any atom is -0.0871 e. The molecule has 0 N–H and O–H groups in total. The second-order valence-electron chi connectivity index (χ2n) is 3.53. The van der Waals surface area contributed by atoms with Crippen LogP contribution in [0, 0.1) is 6.92 Å². The van der Waals surface area contributed by atoms with Crippen LogP contribution in [0.1, 0.15) is 25.0 Å². The summed E-state index contributed by atoms with van der Waals surface area (Å²) >= 11 is 0. The Kier molecular flexibility index (Phi) is 4.62.